The molecule has 0 aliphatic carbocycles. The van der Waals surface area contributed by atoms with Crippen molar-refractivity contribution < 1.29 is 33.3 Å². The summed E-state index contributed by atoms with van der Waals surface area (Å²) in [4.78, 5) is 39.8. The average Bonchev–Trinajstić information content (AvgIpc) is 2.84. The van der Waals surface area contributed by atoms with Crippen LogP contribution in [0.5, 0.6) is 11.5 Å². The number of ether oxygens (including phenoxy) is 4. The van der Waals surface area contributed by atoms with Gasteiger partial charge in [-0.25, -0.2) is 9.59 Å². The average molecular weight is 476 g/mol. The SMILES string of the molecule is CCOC(=O)C1=C(CN2CCC(C(=O)OCC)CC2)NC(=O)NC1c1ccc(OC)c(OC)c1. The zero-order valence-electron chi connectivity index (χ0n) is 20.1. The van der Waals surface area contributed by atoms with E-state index in [9.17, 15) is 14.4 Å². The van der Waals surface area contributed by atoms with E-state index >= 15 is 0 Å². The van der Waals surface area contributed by atoms with Crippen LogP contribution in [0.25, 0.3) is 0 Å². The number of carbonyl (C=O) groups is 3. The summed E-state index contributed by atoms with van der Waals surface area (Å²) in [6.45, 7) is 5.74. The highest BCUT2D eigenvalue weighted by Gasteiger charge is 2.35. The van der Waals surface area contributed by atoms with E-state index < -0.39 is 18.0 Å². The van der Waals surface area contributed by atoms with Crippen molar-refractivity contribution in [3.63, 3.8) is 0 Å². The number of methoxy groups -OCH3 is 2. The van der Waals surface area contributed by atoms with Gasteiger partial charge in [0.05, 0.1) is 45.0 Å². The van der Waals surface area contributed by atoms with Gasteiger partial charge in [0.25, 0.3) is 0 Å². The maximum Gasteiger partial charge on any atom is 0.338 e. The molecule has 2 N–H and O–H groups in total. The van der Waals surface area contributed by atoms with Crippen LogP contribution < -0.4 is 20.1 Å². The Bertz CT molecular complexity index is 938. The molecule has 10 nitrogen and oxygen atoms in total. The molecule has 1 fully saturated rings. The van der Waals surface area contributed by atoms with Crippen LogP contribution in [0.3, 0.4) is 0 Å². The zero-order chi connectivity index (χ0) is 24.7. The fourth-order valence-electron chi connectivity index (χ4n) is 4.29. The standard InChI is InChI=1S/C24H33N3O7/c1-5-33-22(28)15-9-11-27(12-10-15)14-17-20(23(29)34-6-2)21(26-24(30)25-17)16-7-8-18(31-3)19(13-16)32-4/h7-8,13,15,21H,5-6,9-12,14H2,1-4H3,(H2,25,26,30). The minimum atomic E-state index is -0.723. The zero-order valence-corrected chi connectivity index (χ0v) is 20.1. The van der Waals surface area contributed by atoms with Gasteiger partial charge in [-0.3, -0.25) is 9.69 Å². The van der Waals surface area contributed by atoms with Crippen molar-refractivity contribution in [3.8, 4) is 11.5 Å². The van der Waals surface area contributed by atoms with Gasteiger partial charge in [0.2, 0.25) is 0 Å². The summed E-state index contributed by atoms with van der Waals surface area (Å²) >= 11 is 0. The maximum absolute atomic E-state index is 13.0. The van der Waals surface area contributed by atoms with Crippen molar-refractivity contribution in [1.82, 2.24) is 15.5 Å². The van der Waals surface area contributed by atoms with Crippen LogP contribution in [-0.4, -0.2) is 69.9 Å². The number of hydrogen-bond donors (Lipinski definition) is 2. The third kappa shape index (κ3) is 5.80. The number of nitrogens with one attached hydrogen (secondary N) is 2. The molecule has 1 saturated heterocycles. The fraction of sp³-hybridized carbons (Fsp3) is 0.542. The van der Waals surface area contributed by atoms with Crippen LogP contribution in [0.15, 0.2) is 29.5 Å². The number of amides is 2. The van der Waals surface area contributed by atoms with Crippen LogP contribution in [-0.2, 0) is 19.1 Å². The Morgan fingerprint density at radius 1 is 1.03 bits per heavy atom. The number of carbonyl (C=O) groups excluding carboxylic acids is 3. The van der Waals surface area contributed by atoms with E-state index in [4.69, 9.17) is 18.9 Å². The van der Waals surface area contributed by atoms with Gasteiger partial charge in [-0.2, -0.15) is 0 Å². The number of urea groups is 1. The summed E-state index contributed by atoms with van der Waals surface area (Å²) in [5.74, 6) is 0.219. The van der Waals surface area contributed by atoms with Crippen molar-refractivity contribution in [1.29, 1.82) is 0 Å². The van der Waals surface area contributed by atoms with Crippen LogP contribution in [0.2, 0.25) is 0 Å². The van der Waals surface area contributed by atoms with Crippen molar-refractivity contribution in [2.24, 2.45) is 5.92 Å². The smallest absolute Gasteiger partial charge is 0.338 e. The van der Waals surface area contributed by atoms with E-state index in [-0.39, 0.29) is 18.5 Å². The lowest BCUT2D eigenvalue weighted by Gasteiger charge is -2.35. The predicted molar refractivity (Wildman–Crippen MR) is 123 cm³/mol. The summed E-state index contributed by atoms with van der Waals surface area (Å²) < 4.78 is 21.2. The van der Waals surface area contributed by atoms with Crippen molar-refractivity contribution in [2.45, 2.75) is 32.7 Å². The lowest BCUT2D eigenvalue weighted by molar-refractivity contribution is -0.149. The molecular formula is C24H33N3O7. The van der Waals surface area contributed by atoms with E-state index in [0.29, 0.717) is 67.4 Å². The summed E-state index contributed by atoms with van der Waals surface area (Å²) in [7, 11) is 3.06. The highest BCUT2D eigenvalue weighted by molar-refractivity contribution is 5.95. The van der Waals surface area contributed by atoms with Gasteiger partial charge in [-0.15, -0.1) is 0 Å². The summed E-state index contributed by atoms with van der Waals surface area (Å²) in [5, 5.41) is 5.63. The third-order valence-electron chi connectivity index (χ3n) is 5.98. The van der Waals surface area contributed by atoms with Gasteiger partial charge in [-0.1, -0.05) is 6.07 Å². The first kappa shape index (κ1) is 25.4. The van der Waals surface area contributed by atoms with E-state index in [1.807, 2.05) is 0 Å². The van der Waals surface area contributed by atoms with E-state index in [1.165, 1.54) is 14.2 Å². The fourth-order valence-corrected chi connectivity index (χ4v) is 4.29. The van der Waals surface area contributed by atoms with Crippen molar-refractivity contribution in [2.75, 3.05) is 47.1 Å². The lowest BCUT2D eigenvalue weighted by Crippen LogP contribution is -2.49. The second-order valence-corrected chi connectivity index (χ2v) is 8.06. The number of nitrogens with zero attached hydrogens (tertiary/aromatic N) is 1. The van der Waals surface area contributed by atoms with Gasteiger partial charge in [-0.05, 0) is 57.5 Å². The number of piperidine rings is 1. The van der Waals surface area contributed by atoms with E-state index in [1.54, 1.807) is 32.0 Å². The molecule has 2 amide bonds. The second-order valence-electron chi connectivity index (χ2n) is 8.06. The number of likely N-dealkylation sites (tertiary alicyclic amines) is 1. The number of rotatable bonds is 9. The molecule has 186 valence electrons. The molecule has 2 aliphatic rings. The highest BCUT2D eigenvalue weighted by Crippen LogP contribution is 2.35. The van der Waals surface area contributed by atoms with Gasteiger partial charge >= 0.3 is 18.0 Å². The van der Waals surface area contributed by atoms with E-state index in [0.717, 1.165) is 0 Å². The number of hydrogen-bond acceptors (Lipinski definition) is 8. The number of benzene rings is 1. The van der Waals surface area contributed by atoms with Crippen LogP contribution in [0.4, 0.5) is 4.79 Å². The minimum absolute atomic E-state index is 0.128. The first-order valence-corrected chi connectivity index (χ1v) is 11.5. The Hall–Kier alpha value is -3.27. The quantitative estimate of drug-likeness (QED) is 0.522. The molecule has 10 heteroatoms. The van der Waals surface area contributed by atoms with Crippen molar-refractivity contribution >= 4 is 18.0 Å². The normalized spacial score (nSPS) is 19.2. The van der Waals surface area contributed by atoms with Crippen molar-refractivity contribution in [3.05, 3.63) is 35.0 Å². The molecule has 1 aromatic carbocycles. The van der Waals surface area contributed by atoms with Crippen LogP contribution >= 0.6 is 0 Å². The van der Waals surface area contributed by atoms with Gasteiger partial charge in [0, 0.05) is 12.2 Å². The Morgan fingerprint density at radius 2 is 1.71 bits per heavy atom. The molecular weight excluding hydrogens is 442 g/mol. The number of esters is 2. The third-order valence-corrected chi connectivity index (χ3v) is 5.98. The van der Waals surface area contributed by atoms with Gasteiger partial charge in [0.1, 0.15) is 0 Å². The van der Waals surface area contributed by atoms with Crippen LogP contribution in [0.1, 0.15) is 38.3 Å². The van der Waals surface area contributed by atoms with E-state index in [2.05, 4.69) is 15.5 Å². The molecule has 0 bridgehead atoms. The van der Waals surface area contributed by atoms with Gasteiger partial charge < -0.3 is 29.6 Å². The molecule has 3 rings (SSSR count). The molecule has 0 saturated carbocycles. The monoisotopic (exact) mass is 475 g/mol. The minimum Gasteiger partial charge on any atom is -0.493 e. The molecule has 0 aromatic heterocycles. The Balaban J connectivity index is 1.88. The second kappa shape index (κ2) is 11.7. The molecule has 1 atom stereocenters. The topological polar surface area (TPSA) is 115 Å². The molecule has 34 heavy (non-hydrogen) atoms. The largest absolute Gasteiger partial charge is 0.493 e. The molecule has 2 heterocycles. The highest BCUT2D eigenvalue weighted by atomic mass is 16.5. The molecule has 2 aliphatic heterocycles. The Kier molecular flexibility index (Phi) is 8.75. The maximum atomic E-state index is 13.0. The molecule has 0 spiro atoms. The molecule has 1 unspecified atom stereocenters. The predicted octanol–water partition coefficient (Wildman–Crippen LogP) is 2.15. The first-order valence-electron chi connectivity index (χ1n) is 11.5. The Morgan fingerprint density at radius 3 is 2.32 bits per heavy atom. The molecule has 1 aromatic rings. The first-order chi connectivity index (χ1) is 16.4. The van der Waals surface area contributed by atoms with Gasteiger partial charge in [0.15, 0.2) is 11.5 Å². The summed E-state index contributed by atoms with van der Waals surface area (Å²) in [6, 6.07) is 4.10. The Labute approximate surface area is 199 Å². The summed E-state index contributed by atoms with van der Waals surface area (Å²) in [6.07, 6.45) is 1.32. The lowest BCUT2D eigenvalue weighted by atomic mass is 9.93. The molecule has 0 radical (unpaired) electrons. The summed E-state index contributed by atoms with van der Waals surface area (Å²) in [5.41, 5.74) is 1.48. The van der Waals surface area contributed by atoms with Crippen LogP contribution in [0, 0.1) is 5.92 Å².